The van der Waals surface area contributed by atoms with Crippen molar-refractivity contribution in [2.45, 2.75) is 51.7 Å². The number of nitrogens with zero attached hydrogens (tertiary/aromatic N) is 4. The van der Waals surface area contributed by atoms with Crippen molar-refractivity contribution in [2.24, 2.45) is 0 Å². The number of hydrogen-bond donors (Lipinski definition) is 2. The molecule has 0 unspecified atom stereocenters. The second-order valence-corrected chi connectivity index (χ2v) is 7.59. The second-order valence-electron chi connectivity index (χ2n) is 7.59. The monoisotopic (exact) mass is 360 g/mol. The van der Waals surface area contributed by atoms with Gasteiger partial charge in [0.2, 0.25) is 5.95 Å². The zero-order valence-electron chi connectivity index (χ0n) is 15.6. The Hall–Kier alpha value is -2.09. The molecule has 26 heavy (non-hydrogen) atoms. The van der Waals surface area contributed by atoms with Crippen LogP contribution in [0.15, 0.2) is 0 Å². The molecule has 0 atom stereocenters. The van der Waals surface area contributed by atoms with Crippen LogP contribution in [0, 0.1) is 0 Å². The molecule has 8 heteroatoms. The van der Waals surface area contributed by atoms with E-state index in [9.17, 15) is 4.79 Å². The van der Waals surface area contributed by atoms with Crippen molar-refractivity contribution in [3.05, 3.63) is 11.3 Å². The van der Waals surface area contributed by atoms with E-state index in [0.717, 1.165) is 23.5 Å². The first-order valence-corrected chi connectivity index (χ1v) is 9.64. The van der Waals surface area contributed by atoms with Crippen molar-refractivity contribution in [1.82, 2.24) is 19.8 Å². The first kappa shape index (κ1) is 17.3. The normalized spacial score (nSPS) is 20.1. The maximum absolute atomic E-state index is 12.8. The maximum atomic E-state index is 12.8. The van der Waals surface area contributed by atoms with E-state index in [1.807, 2.05) is 9.80 Å². The van der Waals surface area contributed by atoms with E-state index in [0.29, 0.717) is 51.4 Å². The fraction of sp³-hybridized carbons (Fsp3) is 0.722. The molecule has 8 nitrogen and oxygen atoms in total. The molecule has 2 N–H and O–H groups in total. The first-order chi connectivity index (χ1) is 12.6. The summed E-state index contributed by atoms with van der Waals surface area (Å²) in [4.78, 5) is 26.1. The topological polar surface area (TPSA) is 82.6 Å². The quantitative estimate of drug-likeness (QED) is 0.850. The minimum absolute atomic E-state index is 0.0979. The van der Waals surface area contributed by atoms with Crippen molar-refractivity contribution in [3.63, 3.8) is 0 Å². The van der Waals surface area contributed by atoms with Crippen molar-refractivity contribution in [3.8, 4) is 0 Å². The highest BCUT2D eigenvalue weighted by Crippen LogP contribution is 2.30. The lowest BCUT2D eigenvalue weighted by Crippen LogP contribution is -2.49. The van der Waals surface area contributed by atoms with Crippen LogP contribution >= 0.6 is 0 Å². The lowest BCUT2D eigenvalue weighted by atomic mass is 10.1. The van der Waals surface area contributed by atoms with Gasteiger partial charge in [0.25, 0.3) is 0 Å². The van der Waals surface area contributed by atoms with Gasteiger partial charge in [-0.15, -0.1) is 0 Å². The molecular formula is C18H28N6O2. The van der Waals surface area contributed by atoms with Gasteiger partial charge in [-0.3, -0.25) is 0 Å². The molecule has 1 saturated heterocycles. The molecule has 0 aromatic carbocycles. The fourth-order valence-electron chi connectivity index (χ4n) is 3.40. The summed E-state index contributed by atoms with van der Waals surface area (Å²) < 4.78 is 5.36. The van der Waals surface area contributed by atoms with Gasteiger partial charge in [0.05, 0.1) is 25.5 Å². The number of rotatable bonds is 4. The van der Waals surface area contributed by atoms with Gasteiger partial charge < -0.3 is 25.2 Å². The summed E-state index contributed by atoms with van der Waals surface area (Å²) in [5.74, 6) is 1.56. The lowest BCUT2D eigenvalue weighted by Gasteiger charge is -2.35. The first-order valence-electron chi connectivity index (χ1n) is 9.64. The Morgan fingerprint density at radius 2 is 1.92 bits per heavy atom. The van der Waals surface area contributed by atoms with E-state index in [4.69, 9.17) is 14.7 Å². The molecular weight excluding hydrogens is 332 g/mol. The Kier molecular flexibility index (Phi) is 4.84. The third-order valence-corrected chi connectivity index (χ3v) is 4.95. The number of aromatic nitrogens is 2. The number of ether oxygens (including phenoxy) is 1. The third-order valence-electron chi connectivity index (χ3n) is 4.95. The SMILES string of the molecule is CC(C)Nc1nc2c(c(NC3CC3)n1)CN(C(=O)N1CCOCC1)CC2. The predicted octanol–water partition coefficient (Wildman–Crippen LogP) is 1.68. The summed E-state index contributed by atoms with van der Waals surface area (Å²) in [5.41, 5.74) is 2.12. The zero-order valence-corrected chi connectivity index (χ0v) is 15.6. The Morgan fingerprint density at radius 1 is 1.15 bits per heavy atom. The van der Waals surface area contributed by atoms with Crippen LogP contribution in [0.5, 0.6) is 0 Å². The summed E-state index contributed by atoms with van der Waals surface area (Å²) >= 11 is 0. The molecule has 2 fully saturated rings. The molecule has 3 aliphatic rings. The second kappa shape index (κ2) is 7.26. The van der Waals surface area contributed by atoms with Crippen LogP contribution in [0.3, 0.4) is 0 Å². The van der Waals surface area contributed by atoms with E-state index in [1.54, 1.807) is 0 Å². The van der Waals surface area contributed by atoms with Crippen molar-refractivity contribution in [2.75, 3.05) is 43.5 Å². The van der Waals surface area contributed by atoms with Gasteiger partial charge >= 0.3 is 6.03 Å². The largest absolute Gasteiger partial charge is 0.378 e. The summed E-state index contributed by atoms with van der Waals surface area (Å²) in [6.45, 7) is 8.02. The van der Waals surface area contributed by atoms with E-state index >= 15 is 0 Å². The lowest BCUT2D eigenvalue weighted by molar-refractivity contribution is 0.0421. The van der Waals surface area contributed by atoms with Crippen LogP contribution in [-0.4, -0.2) is 70.7 Å². The Bertz CT molecular complexity index is 670. The molecule has 1 aromatic rings. The van der Waals surface area contributed by atoms with Crippen LogP contribution in [-0.2, 0) is 17.7 Å². The molecule has 142 valence electrons. The molecule has 1 aliphatic carbocycles. The average molecular weight is 360 g/mol. The summed E-state index contributed by atoms with van der Waals surface area (Å²) in [6.07, 6.45) is 3.13. The number of amides is 2. The number of morpholine rings is 1. The van der Waals surface area contributed by atoms with Crippen LogP contribution in [0.1, 0.15) is 37.9 Å². The fourth-order valence-corrected chi connectivity index (χ4v) is 3.40. The molecule has 1 aromatic heterocycles. The standard InChI is InChI=1S/C18H28N6O2/c1-12(2)19-17-21-15-5-6-24(18(25)23-7-9-26-10-8-23)11-14(15)16(22-17)20-13-3-4-13/h12-13H,3-11H2,1-2H3,(H2,19,20,21,22). The smallest absolute Gasteiger partial charge is 0.320 e. The Labute approximate surface area is 154 Å². The number of urea groups is 1. The van der Waals surface area contributed by atoms with Crippen molar-refractivity contribution < 1.29 is 9.53 Å². The number of anilines is 2. The van der Waals surface area contributed by atoms with Crippen LogP contribution in [0.25, 0.3) is 0 Å². The van der Waals surface area contributed by atoms with Crippen molar-refractivity contribution >= 4 is 17.8 Å². The number of carbonyl (C=O) groups is 1. The molecule has 3 heterocycles. The van der Waals surface area contributed by atoms with E-state index in [-0.39, 0.29) is 12.1 Å². The highest BCUT2D eigenvalue weighted by Gasteiger charge is 2.31. The van der Waals surface area contributed by atoms with Crippen LogP contribution in [0.2, 0.25) is 0 Å². The van der Waals surface area contributed by atoms with E-state index in [1.165, 1.54) is 12.8 Å². The van der Waals surface area contributed by atoms with E-state index < -0.39 is 0 Å². The van der Waals surface area contributed by atoms with Gasteiger partial charge in [-0.1, -0.05) is 0 Å². The zero-order chi connectivity index (χ0) is 18.1. The number of carbonyl (C=O) groups excluding carboxylic acids is 1. The average Bonchev–Trinajstić information content (AvgIpc) is 3.45. The summed E-state index contributed by atoms with van der Waals surface area (Å²) in [7, 11) is 0. The van der Waals surface area contributed by atoms with Gasteiger partial charge in [-0.2, -0.15) is 4.98 Å². The van der Waals surface area contributed by atoms with Gasteiger partial charge in [0, 0.05) is 43.7 Å². The van der Waals surface area contributed by atoms with Gasteiger partial charge in [0.1, 0.15) is 5.82 Å². The molecule has 0 spiro atoms. The van der Waals surface area contributed by atoms with E-state index in [2.05, 4.69) is 24.5 Å². The molecule has 0 bridgehead atoms. The highest BCUT2D eigenvalue weighted by molar-refractivity contribution is 5.75. The number of hydrogen-bond acceptors (Lipinski definition) is 6. The maximum Gasteiger partial charge on any atom is 0.320 e. The van der Waals surface area contributed by atoms with Gasteiger partial charge in [-0.25, -0.2) is 9.78 Å². The molecule has 4 rings (SSSR count). The molecule has 1 saturated carbocycles. The van der Waals surface area contributed by atoms with Gasteiger partial charge in [-0.05, 0) is 26.7 Å². The number of nitrogens with one attached hydrogen (secondary N) is 2. The Morgan fingerprint density at radius 3 is 2.62 bits per heavy atom. The van der Waals surface area contributed by atoms with Crippen molar-refractivity contribution in [1.29, 1.82) is 0 Å². The minimum Gasteiger partial charge on any atom is -0.378 e. The van der Waals surface area contributed by atoms with Crippen LogP contribution in [0.4, 0.5) is 16.6 Å². The van der Waals surface area contributed by atoms with Gasteiger partial charge in [0.15, 0.2) is 0 Å². The Balaban J connectivity index is 1.55. The predicted molar refractivity (Wildman–Crippen MR) is 99.3 cm³/mol. The highest BCUT2D eigenvalue weighted by atomic mass is 16.5. The molecule has 0 radical (unpaired) electrons. The van der Waals surface area contributed by atoms with Crippen LogP contribution < -0.4 is 10.6 Å². The summed E-state index contributed by atoms with van der Waals surface area (Å²) in [6, 6.07) is 0.886. The molecule has 2 amide bonds. The summed E-state index contributed by atoms with van der Waals surface area (Å²) in [5, 5.41) is 6.84. The third kappa shape index (κ3) is 3.85. The molecule has 2 aliphatic heterocycles. The minimum atomic E-state index is 0.0979. The number of fused-ring (bicyclic) bond motifs is 1.